The molecule has 0 atom stereocenters. The summed E-state index contributed by atoms with van der Waals surface area (Å²) in [7, 11) is -8.63. The van der Waals surface area contributed by atoms with Crippen LogP contribution in [0.1, 0.15) is 62.2 Å². The first-order valence-corrected chi connectivity index (χ1v) is 16.5. The quantitative estimate of drug-likeness (QED) is 0.0861. The van der Waals surface area contributed by atoms with Crippen molar-refractivity contribution in [3.63, 3.8) is 0 Å². The summed E-state index contributed by atoms with van der Waals surface area (Å²) >= 11 is 9.53. The normalized spacial score (nSPS) is 17.5. The Morgan fingerprint density at radius 2 is 1.42 bits per heavy atom. The number of aryl methyl sites for hydroxylation is 1. The monoisotopic (exact) mass is 675 g/mol. The first-order chi connectivity index (χ1) is 19.5. The van der Waals surface area contributed by atoms with Gasteiger partial charge in [-0.25, -0.2) is 4.57 Å². The molecule has 0 fully saturated rings. The first kappa shape index (κ1) is 35.1. The molecule has 3 nitrogen and oxygen atoms in total. The third-order valence-electron chi connectivity index (χ3n) is 7.80. The molecule has 4 heterocycles. The molecule has 238 valence electrons. The molecular weight excluding hydrogens is 643 g/mol. The van der Waals surface area contributed by atoms with Gasteiger partial charge >= 0.3 is 40.0 Å². The second kappa shape index (κ2) is 11.2. The van der Waals surface area contributed by atoms with Crippen molar-refractivity contribution in [2.45, 2.75) is 54.4 Å². The number of hydrogen-bond donors (Lipinski definition) is 0. The molecule has 0 N–H and O–H groups in total. The standard InChI is InChI=1S/C27H31BF2N3.CH2Cl2.F6P/c1-8-20-16(3)26-25(23-14-15-31(7)24-13-11-10-12-22(23)24)27-17(4)21(9-2)19(6)33(27)28(29,30)32(26)18(20)5;2-1-3;1-7(2,3,4,5)6/h10-15H,8-9H2,1-7H3;1H2;/q+1;;-1. The van der Waals surface area contributed by atoms with E-state index >= 15 is 8.63 Å². The van der Waals surface area contributed by atoms with Crippen LogP contribution >= 0.6 is 31.0 Å². The van der Waals surface area contributed by atoms with E-state index in [0.29, 0.717) is 22.8 Å². The van der Waals surface area contributed by atoms with Crippen molar-refractivity contribution >= 4 is 60.2 Å². The minimum absolute atomic E-state index is 0.194. The van der Waals surface area contributed by atoms with Crippen LogP contribution in [-0.4, -0.2) is 27.0 Å². The Bertz CT molecular complexity index is 1700. The van der Waals surface area contributed by atoms with Crippen LogP contribution in [0.25, 0.3) is 16.5 Å². The van der Waals surface area contributed by atoms with E-state index in [4.69, 9.17) is 23.2 Å². The van der Waals surface area contributed by atoms with Crippen molar-refractivity contribution in [2.75, 3.05) is 5.34 Å². The van der Waals surface area contributed by atoms with Crippen LogP contribution in [0.3, 0.4) is 0 Å². The van der Waals surface area contributed by atoms with Gasteiger partial charge in [0.15, 0.2) is 11.9 Å². The van der Waals surface area contributed by atoms with Gasteiger partial charge in [0.25, 0.3) is 0 Å². The molecule has 0 bridgehead atoms. The average molecular weight is 676 g/mol. The first-order valence-electron chi connectivity index (χ1n) is 13.4. The number of allylic oxidation sites excluding steroid dienone is 2. The van der Waals surface area contributed by atoms with E-state index < -0.39 is 14.8 Å². The zero-order chi connectivity index (χ0) is 32.9. The number of nitrogens with zero attached hydrogens (tertiary/aromatic N) is 3. The Labute approximate surface area is 255 Å². The number of benzene rings is 1. The topological polar surface area (TPSA) is 11.8 Å². The van der Waals surface area contributed by atoms with Gasteiger partial charge in [0.1, 0.15) is 12.8 Å². The second-order valence-corrected chi connectivity index (χ2v) is 13.1. The van der Waals surface area contributed by atoms with Crippen LogP contribution < -0.4 is 4.57 Å². The predicted octanol–water partition coefficient (Wildman–Crippen LogP) is 10.7. The molecule has 2 aliphatic rings. The molecule has 43 heavy (non-hydrogen) atoms. The van der Waals surface area contributed by atoms with Gasteiger partial charge < -0.3 is 17.6 Å². The molecule has 1 aromatic carbocycles. The molecule has 3 aromatic rings. The molecule has 2 aromatic heterocycles. The van der Waals surface area contributed by atoms with E-state index in [0.717, 1.165) is 57.2 Å². The predicted molar refractivity (Wildman–Crippen MR) is 162 cm³/mol. The number of hydrogen-bond acceptors (Lipinski definition) is 0. The Morgan fingerprint density at radius 3 is 1.93 bits per heavy atom. The summed E-state index contributed by atoms with van der Waals surface area (Å²) in [5.41, 5.74) is 9.66. The van der Waals surface area contributed by atoms with E-state index in [-0.39, 0.29) is 5.34 Å². The van der Waals surface area contributed by atoms with Crippen LogP contribution in [0.4, 0.5) is 33.8 Å². The number of pyridine rings is 1. The Balaban J connectivity index is 0.000000441. The summed E-state index contributed by atoms with van der Waals surface area (Å²) in [5, 5.41) is 1.26. The van der Waals surface area contributed by atoms with Gasteiger partial charge in [0, 0.05) is 41.5 Å². The van der Waals surface area contributed by atoms with Crippen molar-refractivity contribution < 1.29 is 42.9 Å². The number of halogens is 10. The van der Waals surface area contributed by atoms with Crippen LogP contribution in [0, 0.1) is 13.8 Å². The van der Waals surface area contributed by atoms with E-state index in [1.807, 2.05) is 53.1 Å². The zero-order valence-electron chi connectivity index (χ0n) is 24.7. The van der Waals surface area contributed by atoms with Crippen molar-refractivity contribution in [1.29, 1.82) is 0 Å². The van der Waals surface area contributed by atoms with Crippen LogP contribution in [-0.2, 0) is 13.5 Å². The summed E-state index contributed by atoms with van der Waals surface area (Å²) < 4.78 is 96.8. The van der Waals surface area contributed by atoms with Gasteiger partial charge in [0.05, 0.1) is 16.3 Å². The van der Waals surface area contributed by atoms with Gasteiger partial charge in [-0.1, -0.05) is 26.0 Å². The average Bonchev–Trinajstić information content (AvgIpc) is 3.28. The zero-order valence-corrected chi connectivity index (χ0v) is 27.1. The van der Waals surface area contributed by atoms with Crippen LogP contribution in [0.2, 0.25) is 0 Å². The number of aromatic nitrogens is 2. The SMILES string of the molecule is CCC1=C(C)C2=C(c3cc[n+](C)c4ccccc34)c3c(C)c(CC)c(C)n3[B-](F)(F)[N+]2=C1C.ClCCl.F[P-](F)(F)(F)(F)F. The van der Waals surface area contributed by atoms with Crippen molar-refractivity contribution in [3.05, 3.63) is 81.5 Å². The van der Waals surface area contributed by atoms with E-state index in [2.05, 4.69) is 36.6 Å². The van der Waals surface area contributed by atoms with E-state index in [1.165, 1.54) is 8.96 Å². The molecule has 0 unspecified atom stereocenters. The van der Waals surface area contributed by atoms with Crippen molar-refractivity contribution in [1.82, 2.24) is 4.48 Å². The molecule has 2 aliphatic heterocycles. The van der Waals surface area contributed by atoms with Crippen molar-refractivity contribution in [3.8, 4) is 0 Å². The number of para-hydroxylation sites is 1. The summed E-state index contributed by atoms with van der Waals surface area (Å²) in [6.07, 6.45) is 3.50. The van der Waals surface area contributed by atoms with Gasteiger partial charge in [0.2, 0.25) is 5.52 Å². The maximum atomic E-state index is 16.4. The Hall–Kier alpha value is -2.43. The molecule has 15 heteroatoms. The Morgan fingerprint density at radius 1 is 0.884 bits per heavy atom. The van der Waals surface area contributed by atoms with Gasteiger partial charge in [-0.05, 0) is 56.5 Å². The van der Waals surface area contributed by atoms with Gasteiger partial charge in [-0.15, -0.1) is 23.2 Å². The number of rotatable bonds is 3. The Kier molecular flexibility index (Phi) is 9.12. The minimum atomic E-state index is -10.7. The van der Waals surface area contributed by atoms with Gasteiger partial charge in [-0.3, -0.25) is 0 Å². The second-order valence-electron chi connectivity index (χ2n) is 10.4. The molecule has 0 radical (unpaired) electrons. The van der Waals surface area contributed by atoms with Crippen LogP contribution in [0.5, 0.6) is 0 Å². The number of alkyl halides is 2. The summed E-state index contributed by atoms with van der Waals surface area (Å²) in [5.74, 6) is 0. The molecule has 0 spiro atoms. The number of fused-ring (bicyclic) bond motifs is 3. The summed E-state index contributed by atoms with van der Waals surface area (Å²) in [4.78, 5) is 0. The maximum absolute atomic E-state index is 16.4. The molecule has 0 aliphatic carbocycles. The van der Waals surface area contributed by atoms with Gasteiger partial charge in [-0.2, -0.15) is 0 Å². The third kappa shape index (κ3) is 6.96. The summed E-state index contributed by atoms with van der Waals surface area (Å²) in [6.45, 7) is 7.82. The van der Waals surface area contributed by atoms with E-state index in [1.54, 1.807) is 0 Å². The third-order valence-corrected chi connectivity index (χ3v) is 7.80. The molecule has 0 saturated carbocycles. The molecular formula is C28H33BCl2F8N3P. The van der Waals surface area contributed by atoms with Crippen LogP contribution in [0.15, 0.2) is 53.4 Å². The van der Waals surface area contributed by atoms with E-state index in [9.17, 15) is 25.2 Å². The fraction of sp³-hybridized carbons (Fsp3) is 0.357. The molecule has 0 amide bonds. The molecule has 5 rings (SSSR count). The fourth-order valence-electron chi connectivity index (χ4n) is 6.32. The molecule has 0 saturated heterocycles. The fourth-order valence-corrected chi connectivity index (χ4v) is 6.32. The van der Waals surface area contributed by atoms with Crippen molar-refractivity contribution in [2.24, 2.45) is 7.05 Å². The summed E-state index contributed by atoms with van der Waals surface area (Å²) in [6, 6.07) is 10.3.